The first-order valence-electron chi connectivity index (χ1n) is 12.6. The van der Waals surface area contributed by atoms with Crippen LogP contribution < -0.4 is 10.6 Å². The van der Waals surface area contributed by atoms with Gasteiger partial charge >= 0.3 is 0 Å². The molecule has 3 aliphatic heterocycles. The van der Waals surface area contributed by atoms with E-state index < -0.39 is 0 Å². The van der Waals surface area contributed by atoms with Crippen molar-refractivity contribution >= 4 is 22.9 Å². The summed E-state index contributed by atoms with van der Waals surface area (Å²) in [6.45, 7) is 5.66. The topological polar surface area (TPSA) is 75.7 Å². The highest BCUT2D eigenvalue weighted by Crippen LogP contribution is 2.41. The third kappa shape index (κ3) is 4.53. The fraction of sp³-hybridized carbons (Fsp3) is 0.310. The molecule has 3 aliphatic rings. The van der Waals surface area contributed by atoms with E-state index in [1.165, 1.54) is 11.1 Å². The molecule has 1 unspecified atom stereocenters. The quantitative estimate of drug-likeness (QED) is 0.396. The molecule has 2 aromatic carbocycles. The van der Waals surface area contributed by atoms with Crippen molar-refractivity contribution in [2.45, 2.75) is 19.1 Å². The number of carbonyl (C=O) groups excluding carboxylic acids is 1. The molecule has 0 bridgehead atoms. The van der Waals surface area contributed by atoms with E-state index in [2.05, 4.69) is 44.8 Å². The van der Waals surface area contributed by atoms with Gasteiger partial charge in [-0.25, -0.2) is 0 Å². The molecule has 184 valence electrons. The van der Waals surface area contributed by atoms with Crippen LogP contribution in [0.5, 0.6) is 0 Å². The van der Waals surface area contributed by atoms with Gasteiger partial charge in [0.1, 0.15) is 12.4 Å². The first kappa shape index (κ1) is 22.9. The largest absolute Gasteiger partial charge is 0.487 e. The monoisotopic (exact) mass is 482 g/mol. The molecule has 0 aliphatic carbocycles. The summed E-state index contributed by atoms with van der Waals surface area (Å²) < 4.78 is 11.6. The smallest absolute Gasteiger partial charge is 0.260 e. The number of carbonyl (C=O) groups is 1. The molecule has 0 saturated carbocycles. The number of nitrogens with one attached hydrogen (secondary N) is 2. The summed E-state index contributed by atoms with van der Waals surface area (Å²) in [5.74, 6) is 0.581. The maximum absolute atomic E-state index is 12.7. The molecule has 7 nitrogen and oxygen atoms in total. The second-order valence-corrected chi connectivity index (χ2v) is 9.39. The first-order chi connectivity index (χ1) is 17.8. The van der Waals surface area contributed by atoms with Gasteiger partial charge in [-0.2, -0.15) is 0 Å². The van der Waals surface area contributed by atoms with E-state index >= 15 is 0 Å². The lowest BCUT2D eigenvalue weighted by atomic mass is 9.98. The minimum absolute atomic E-state index is 0.101. The van der Waals surface area contributed by atoms with Crippen molar-refractivity contribution in [2.24, 2.45) is 0 Å². The maximum atomic E-state index is 12.7. The Morgan fingerprint density at radius 3 is 2.81 bits per heavy atom. The van der Waals surface area contributed by atoms with Crippen LogP contribution in [0.25, 0.3) is 11.3 Å². The number of rotatable bonds is 7. The Morgan fingerprint density at radius 1 is 1.06 bits per heavy atom. The number of para-hydroxylation sites is 1. The van der Waals surface area contributed by atoms with E-state index in [4.69, 9.17) is 9.47 Å². The molecule has 0 spiro atoms. The zero-order valence-corrected chi connectivity index (χ0v) is 20.2. The Labute approximate surface area is 211 Å². The number of nitrogens with zero attached hydrogens (tertiary/aromatic N) is 2. The van der Waals surface area contributed by atoms with E-state index in [0.717, 1.165) is 68.2 Å². The molecule has 7 heteroatoms. The van der Waals surface area contributed by atoms with Gasteiger partial charge in [-0.15, -0.1) is 0 Å². The van der Waals surface area contributed by atoms with Crippen molar-refractivity contribution in [3.05, 3.63) is 94.8 Å². The van der Waals surface area contributed by atoms with Crippen LogP contribution in [0, 0.1) is 0 Å². The highest BCUT2D eigenvalue weighted by molar-refractivity contribution is 6.36. The fourth-order valence-corrected chi connectivity index (χ4v) is 5.31. The number of morpholine rings is 1. The number of pyridine rings is 1. The van der Waals surface area contributed by atoms with Crippen LogP contribution in [0.4, 0.5) is 5.69 Å². The number of ether oxygens (including phenoxy) is 2. The zero-order valence-electron chi connectivity index (χ0n) is 20.2. The molecular weight excluding hydrogens is 452 g/mol. The number of hydrogen-bond donors (Lipinski definition) is 2. The summed E-state index contributed by atoms with van der Waals surface area (Å²) in [4.78, 5) is 19.5. The average Bonchev–Trinajstić information content (AvgIpc) is 3.48. The van der Waals surface area contributed by atoms with Gasteiger partial charge in [-0.1, -0.05) is 42.5 Å². The summed E-state index contributed by atoms with van der Waals surface area (Å²) in [7, 11) is 0. The van der Waals surface area contributed by atoms with Gasteiger partial charge in [0, 0.05) is 60.4 Å². The third-order valence-corrected chi connectivity index (χ3v) is 7.17. The van der Waals surface area contributed by atoms with Crippen LogP contribution in [0.1, 0.15) is 33.9 Å². The van der Waals surface area contributed by atoms with Gasteiger partial charge in [0.25, 0.3) is 5.91 Å². The lowest BCUT2D eigenvalue weighted by molar-refractivity contribution is -0.110. The van der Waals surface area contributed by atoms with Crippen LogP contribution in [0.2, 0.25) is 0 Å². The molecule has 1 aromatic heterocycles. The van der Waals surface area contributed by atoms with Crippen molar-refractivity contribution in [1.29, 1.82) is 0 Å². The average molecular weight is 483 g/mol. The highest BCUT2D eigenvalue weighted by Gasteiger charge is 2.32. The Kier molecular flexibility index (Phi) is 6.51. The lowest BCUT2D eigenvalue weighted by Crippen LogP contribution is -2.43. The predicted octanol–water partition coefficient (Wildman–Crippen LogP) is 3.64. The Morgan fingerprint density at radius 2 is 1.94 bits per heavy atom. The van der Waals surface area contributed by atoms with Crippen LogP contribution >= 0.6 is 0 Å². The van der Waals surface area contributed by atoms with E-state index in [0.29, 0.717) is 17.9 Å². The van der Waals surface area contributed by atoms with Crippen molar-refractivity contribution in [2.75, 3.05) is 44.7 Å². The third-order valence-electron chi connectivity index (χ3n) is 7.17. The van der Waals surface area contributed by atoms with Crippen molar-refractivity contribution in [3.63, 3.8) is 0 Å². The van der Waals surface area contributed by atoms with Crippen molar-refractivity contribution in [3.8, 4) is 0 Å². The predicted molar refractivity (Wildman–Crippen MR) is 139 cm³/mol. The van der Waals surface area contributed by atoms with Crippen molar-refractivity contribution in [1.82, 2.24) is 15.2 Å². The second kappa shape index (κ2) is 10.2. The molecule has 1 saturated heterocycles. The van der Waals surface area contributed by atoms with Gasteiger partial charge in [0.15, 0.2) is 0 Å². The first-order valence-corrected chi connectivity index (χ1v) is 12.6. The summed E-state index contributed by atoms with van der Waals surface area (Å²) >= 11 is 0. The van der Waals surface area contributed by atoms with Gasteiger partial charge in [-0.05, 0) is 36.2 Å². The van der Waals surface area contributed by atoms with Gasteiger partial charge < -0.3 is 20.1 Å². The summed E-state index contributed by atoms with van der Waals surface area (Å²) in [6, 6.07) is 18.7. The van der Waals surface area contributed by atoms with Gasteiger partial charge in [0.2, 0.25) is 0 Å². The van der Waals surface area contributed by atoms with Crippen LogP contribution in [0.3, 0.4) is 0 Å². The molecule has 2 N–H and O–H groups in total. The summed E-state index contributed by atoms with van der Waals surface area (Å²) in [5.41, 5.74) is 7.01. The van der Waals surface area contributed by atoms with Crippen molar-refractivity contribution < 1.29 is 14.3 Å². The second-order valence-electron chi connectivity index (χ2n) is 9.39. The molecule has 1 amide bonds. The number of hydrogen-bond acceptors (Lipinski definition) is 6. The van der Waals surface area contributed by atoms with Crippen LogP contribution in [-0.2, 0) is 27.3 Å². The number of amides is 1. The molecule has 6 rings (SSSR count). The number of aromatic nitrogens is 1. The molecule has 0 radical (unpaired) electrons. The molecular formula is C29H30N4O3. The minimum Gasteiger partial charge on any atom is -0.487 e. The molecule has 3 aromatic rings. The van der Waals surface area contributed by atoms with E-state index in [-0.39, 0.29) is 11.9 Å². The lowest BCUT2D eigenvalue weighted by Gasteiger charge is -2.34. The SMILES string of the molecule is O=C1Nc2ccccc2/C1=C1\OCc2cc(CCNCC(c3cccnc3)N3CCOCC3)ccc21. The van der Waals surface area contributed by atoms with E-state index in [9.17, 15) is 4.79 Å². The number of fused-ring (bicyclic) bond motifs is 2. The Bertz CT molecular complexity index is 1280. The Balaban J connectivity index is 1.12. The maximum Gasteiger partial charge on any atom is 0.260 e. The number of anilines is 1. The fourth-order valence-electron chi connectivity index (χ4n) is 5.31. The normalized spacial score (nSPS) is 19.9. The van der Waals surface area contributed by atoms with E-state index in [1.807, 2.05) is 42.7 Å². The minimum atomic E-state index is -0.101. The standard InChI is InChI=1S/C29H30N4O3/c34-29-27(24-5-1-2-6-25(24)32-29)28-23-8-7-20(16-22(23)19-36-28)9-11-31-18-26(21-4-3-10-30-17-21)33-12-14-35-15-13-33/h1-8,10,16-17,26,31H,9,11-15,18-19H2,(H,32,34)/b28-27+. The zero-order chi connectivity index (χ0) is 24.3. The van der Waals surface area contributed by atoms with Crippen LogP contribution in [0.15, 0.2) is 67.0 Å². The molecule has 4 heterocycles. The Hall–Kier alpha value is -3.52. The van der Waals surface area contributed by atoms with Gasteiger partial charge in [-0.3, -0.25) is 14.7 Å². The summed E-state index contributed by atoms with van der Waals surface area (Å²) in [5, 5.41) is 6.61. The summed E-state index contributed by atoms with van der Waals surface area (Å²) in [6.07, 6.45) is 4.72. The van der Waals surface area contributed by atoms with Gasteiger partial charge in [0.05, 0.1) is 18.8 Å². The van der Waals surface area contributed by atoms with Crippen LogP contribution in [-0.4, -0.2) is 55.2 Å². The number of benzene rings is 2. The molecule has 1 fully saturated rings. The van der Waals surface area contributed by atoms with E-state index in [1.54, 1.807) is 0 Å². The molecule has 1 atom stereocenters. The molecule has 36 heavy (non-hydrogen) atoms. The highest BCUT2D eigenvalue weighted by atomic mass is 16.5.